The SMILES string of the molecule is COC1CC(Nc2cc(S(C)(=O)=O)ccc2F)C1. The van der Waals surface area contributed by atoms with Gasteiger partial charge in [0.25, 0.3) is 0 Å². The van der Waals surface area contributed by atoms with E-state index in [-0.39, 0.29) is 22.7 Å². The molecule has 1 fully saturated rings. The molecule has 6 heteroatoms. The Kier molecular flexibility index (Phi) is 3.59. The predicted molar refractivity (Wildman–Crippen MR) is 67.0 cm³/mol. The molecule has 0 amide bonds. The van der Waals surface area contributed by atoms with E-state index < -0.39 is 15.7 Å². The molecule has 0 aromatic heterocycles. The minimum Gasteiger partial charge on any atom is -0.381 e. The molecule has 100 valence electrons. The van der Waals surface area contributed by atoms with Gasteiger partial charge in [-0.25, -0.2) is 12.8 Å². The van der Waals surface area contributed by atoms with Gasteiger partial charge in [0, 0.05) is 19.4 Å². The maximum absolute atomic E-state index is 13.6. The molecule has 18 heavy (non-hydrogen) atoms. The quantitative estimate of drug-likeness (QED) is 0.850. The minimum absolute atomic E-state index is 0.119. The number of benzene rings is 1. The molecule has 1 N–H and O–H groups in total. The van der Waals surface area contributed by atoms with Gasteiger partial charge in [0.05, 0.1) is 16.7 Å². The van der Waals surface area contributed by atoms with Gasteiger partial charge in [-0.1, -0.05) is 0 Å². The van der Waals surface area contributed by atoms with Crippen LogP contribution in [-0.4, -0.2) is 33.9 Å². The summed E-state index contributed by atoms with van der Waals surface area (Å²) in [4.78, 5) is 0.119. The zero-order chi connectivity index (χ0) is 13.3. The predicted octanol–water partition coefficient (Wildman–Crippen LogP) is 1.82. The van der Waals surface area contributed by atoms with Crippen molar-refractivity contribution in [3.63, 3.8) is 0 Å². The van der Waals surface area contributed by atoms with Crippen molar-refractivity contribution in [1.82, 2.24) is 0 Å². The Hall–Kier alpha value is -1.14. The van der Waals surface area contributed by atoms with Crippen molar-refractivity contribution in [3.8, 4) is 0 Å². The van der Waals surface area contributed by atoms with Crippen LogP contribution in [0.1, 0.15) is 12.8 Å². The maximum Gasteiger partial charge on any atom is 0.175 e. The number of hydrogen-bond acceptors (Lipinski definition) is 4. The number of hydrogen-bond donors (Lipinski definition) is 1. The highest BCUT2D eigenvalue weighted by molar-refractivity contribution is 7.90. The van der Waals surface area contributed by atoms with E-state index >= 15 is 0 Å². The summed E-state index contributed by atoms with van der Waals surface area (Å²) in [6.45, 7) is 0. The number of rotatable bonds is 4. The second kappa shape index (κ2) is 4.85. The Morgan fingerprint density at radius 2 is 2.06 bits per heavy atom. The second-order valence-electron chi connectivity index (χ2n) is 4.58. The normalized spacial score (nSPS) is 23.5. The molecular weight excluding hydrogens is 257 g/mol. The Morgan fingerprint density at radius 1 is 1.39 bits per heavy atom. The van der Waals surface area contributed by atoms with Crippen LogP contribution < -0.4 is 5.32 Å². The maximum atomic E-state index is 13.6. The summed E-state index contributed by atoms with van der Waals surface area (Å²) in [7, 11) is -1.67. The molecule has 0 aliphatic heterocycles. The Balaban J connectivity index is 2.13. The lowest BCUT2D eigenvalue weighted by Crippen LogP contribution is -2.40. The molecule has 0 heterocycles. The summed E-state index contributed by atoms with van der Waals surface area (Å²) < 4.78 is 41.5. The van der Waals surface area contributed by atoms with Gasteiger partial charge in [-0.2, -0.15) is 0 Å². The van der Waals surface area contributed by atoms with Gasteiger partial charge in [0.2, 0.25) is 0 Å². The van der Waals surface area contributed by atoms with Crippen molar-refractivity contribution < 1.29 is 17.5 Å². The van der Waals surface area contributed by atoms with Gasteiger partial charge in [0.1, 0.15) is 5.82 Å². The molecule has 0 bridgehead atoms. The first-order chi connectivity index (χ1) is 8.40. The van der Waals surface area contributed by atoms with Gasteiger partial charge in [-0.15, -0.1) is 0 Å². The van der Waals surface area contributed by atoms with Crippen LogP contribution in [0, 0.1) is 5.82 Å². The number of sulfone groups is 1. The topological polar surface area (TPSA) is 55.4 Å². The average Bonchev–Trinajstić information content (AvgIpc) is 2.23. The number of nitrogens with one attached hydrogen (secondary N) is 1. The molecule has 1 saturated carbocycles. The van der Waals surface area contributed by atoms with Crippen molar-refractivity contribution in [2.75, 3.05) is 18.7 Å². The monoisotopic (exact) mass is 273 g/mol. The van der Waals surface area contributed by atoms with Crippen LogP contribution in [0.5, 0.6) is 0 Å². The molecule has 0 saturated heterocycles. The fourth-order valence-electron chi connectivity index (χ4n) is 1.94. The van der Waals surface area contributed by atoms with Crippen molar-refractivity contribution in [2.24, 2.45) is 0 Å². The van der Waals surface area contributed by atoms with Crippen molar-refractivity contribution in [3.05, 3.63) is 24.0 Å². The summed E-state index contributed by atoms with van der Waals surface area (Å²) in [5.41, 5.74) is 0.234. The molecule has 1 aromatic rings. The van der Waals surface area contributed by atoms with Crippen LogP contribution in [0.25, 0.3) is 0 Å². The number of ether oxygens (including phenoxy) is 1. The van der Waals surface area contributed by atoms with Gasteiger partial charge in [0.15, 0.2) is 9.84 Å². The number of anilines is 1. The fraction of sp³-hybridized carbons (Fsp3) is 0.500. The molecule has 0 spiro atoms. The molecule has 1 aliphatic carbocycles. The molecule has 4 nitrogen and oxygen atoms in total. The largest absolute Gasteiger partial charge is 0.381 e. The first-order valence-electron chi connectivity index (χ1n) is 5.69. The van der Waals surface area contributed by atoms with Crippen LogP contribution in [0.2, 0.25) is 0 Å². The summed E-state index contributed by atoms with van der Waals surface area (Å²) >= 11 is 0. The second-order valence-corrected chi connectivity index (χ2v) is 6.60. The minimum atomic E-state index is -3.31. The number of halogens is 1. The molecule has 1 aromatic carbocycles. The van der Waals surface area contributed by atoms with Crippen molar-refractivity contribution in [1.29, 1.82) is 0 Å². The van der Waals surface area contributed by atoms with E-state index in [1.54, 1.807) is 7.11 Å². The van der Waals surface area contributed by atoms with Gasteiger partial charge in [-0.05, 0) is 31.0 Å². The first-order valence-corrected chi connectivity index (χ1v) is 7.58. The Bertz CT molecular complexity index is 538. The lowest BCUT2D eigenvalue weighted by molar-refractivity contribution is 0.0328. The van der Waals surface area contributed by atoms with E-state index in [1.807, 2.05) is 0 Å². The van der Waals surface area contributed by atoms with Crippen molar-refractivity contribution in [2.45, 2.75) is 29.9 Å². The molecule has 0 unspecified atom stereocenters. The highest BCUT2D eigenvalue weighted by atomic mass is 32.2. The third kappa shape index (κ3) is 2.81. The number of methoxy groups -OCH3 is 1. The van der Waals surface area contributed by atoms with Gasteiger partial charge in [-0.3, -0.25) is 0 Å². The van der Waals surface area contributed by atoms with Crippen LogP contribution in [0.4, 0.5) is 10.1 Å². The van der Waals surface area contributed by atoms with E-state index in [0.29, 0.717) is 0 Å². The molecule has 2 rings (SSSR count). The van der Waals surface area contributed by atoms with Gasteiger partial charge >= 0.3 is 0 Å². The summed E-state index contributed by atoms with van der Waals surface area (Å²) in [5.74, 6) is -0.441. The standard InChI is InChI=1S/C12H16FNO3S/c1-17-9-5-8(6-9)14-12-7-10(18(2,15)16)3-4-11(12)13/h3-4,7-9,14H,5-6H2,1-2H3. The Morgan fingerprint density at radius 3 is 2.61 bits per heavy atom. The molecule has 1 aliphatic rings. The fourth-order valence-corrected chi connectivity index (χ4v) is 2.59. The first kappa shape index (κ1) is 13.3. The van der Waals surface area contributed by atoms with Crippen LogP contribution in [-0.2, 0) is 14.6 Å². The van der Waals surface area contributed by atoms with E-state index in [1.165, 1.54) is 18.2 Å². The van der Waals surface area contributed by atoms with Crippen LogP contribution in [0.15, 0.2) is 23.1 Å². The lowest BCUT2D eigenvalue weighted by atomic mass is 9.89. The summed E-state index contributed by atoms with van der Waals surface area (Å²) in [6.07, 6.45) is 2.93. The zero-order valence-electron chi connectivity index (χ0n) is 10.3. The van der Waals surface area contributed by atoms with E-state index in [4.69, 9.17) is 4.74 Å². The third-order valence-corrected chi connectivity index (χ3v) is 4.26. The average molecular weight is 273 g/mol. The molecular formula is C12H16FNO3S. The highest BCUT2D eigenvalue weighted by Crippen LogP contribution is 2.28. The van der Waals surface area contributed by atoms with Crippen LogP contribution in [0.3, 0.4) is 0 Å². The van der Waals surface area contributed by atoms with Crippen molar-refractivity contribution >= 4 is 15.5 Å². The van der Waals surface area contributed by atoms with E-state index in [2.05, 4.69) is 5.32 Å². The summed E-state index contributed by atoms with van der Waals surface area (Å²) in [6, 6.07) is 3.92. The third-order valence-electron chi connectivity index (χ3n) is 3.15. The molecule has 0 radical (unpaired) electrons. The van der Waals surface area contributed by atoms with E-state index in [0.717, 1.165) is 19.1 Å². The summed E-state index contributed by atoms with van der Waals surface area (Å²) in [5, 5.41) is 3.00. The zero-order valence-corrected chi connectivity index (χ0v) is 11.1. The van der Waals surface area contributed by atoms with Gasteiger partial charge < -0.3 is 10.1 Å². The lowest BCUT2D eigenvalue weighted by Gasteiger charge is -2.35. The Labute approximate surface area is 106 Å². The highest BCUT2D eigenvalue weighted by Gasteiger charge is 2.29. The smallest absolute Gasteiger partial charge is 0.175 e. The van der Waals surface area contributed by atoms with Crippen LogP contribution >= 0.6 is 0 Å². The molecule has 0 atom stereocenters. The van der Waals surface area contributed by atoms with E-state index in [9.17, 15) is 12.8 Å².